The smallest absolute Gasteiger partial charge is 0.195 e. The molecule has 0 aliphatic heterocycles. The van der Waals surface area contributed by atoms with E-state index in [1.54, 1.807) is 11.3 Å². The minimum Gasteiger partial charge on any atom is -0.355 e. The molecule has 2 atom stereocenters. The second-order valence-corrected chi connectivity index (χ2v) is 6.89. The van der Waals surface area contributed by atoms with Gasteiger partial charge in [0.1, 0.15) is 0 Å². The SMILES string of the molecule is CC1CCCC(N(C)c2nc3sccn3c2CCN)C1. The van der Waals surface area contributed by atoms with Crippen LogP contribution in [0, 0.1) is 5.92 Å². The summed E-state index contributed by atoms with van der Waals surface area (Å²) in [5.74, 6) is 1.97. The third-order valence-corrected chi connectivity index (χ3v) is 5.27. The van der Waals surface area contributed by atoms with Gasteiger partial charge < -0.3 is 10.6 Å². The molecule has 20 heavy (non-hydrogen) atoms. The first-order valence-electron chi connectivity index (χ1n) is 7.58. The number of nitrogens with zero attached hydrogens (tertiary/aromatic N) is 3. The third kappa shape index (κ3) is 2.44. The van der Waals surface area contributed by atoms with Crippen LogP contribution in [-0.2, 0) is 6.42 Å². The highest BCUT2D eigenvalue weighted by molar-refractivity contribution is 7.15. The molecule has 2 N–H and O–H groups in total. The van der Waals surface area contributed by atoms with Gasteiger partial charge in [0.05, 0.1) is 5.69 Å². The van der Waals surface area contributed by atoms with Crippen LogP contribution in [0.4, 0.5) is 5.82 Å². The summed E-state index contributed by atoms with van der Waals surface area (Å²) in [6.45, 7) is 3.04. The fraction of sp³-hybridized carbons (Fsp3) is 0.667. The van der Waals surface area contributed by atoms with Gasteiger partial charge in [0, 0.05) is 31.1 Å². The molecule has 1 fully saturated rings. The van der Waals surface area contributed by atoms with E-state index in [-0.39, 0.29) is 0 Å². The molecule has 1 aliphatic carbocycles. The second-order valence-electron chi connectivity index (χ2n) is 6.01. The molecule has 110 valence electrons. The Kier molecular flexibility index (Phi) is 3.98. The molecule has 2 aromatic rings. The normalized spacial score (nSPS) is 23.4. The van der Waals surface area contributed by atoms with Crippen molar-refractivity contribution in [1.29, 1.82) is 0 Å². The molecule has 2 aromatic heterocycles. The van der Waals surface area contributed by atoms with Gasteiger partial charge in [-0.2, -0.15) is 0 Å². The maximum absolute atomic E-state index is 5.79. The van der Waals surface area contributed by atoms with Gasteiger partial charge in [0.15, 0.2) is 10.8 Å². The minimum absolute atomic E-state index is 0.625. The van der Waals surface area contributed by atoms with Crippen molar-refractivity contribution in [3.63, 3.8) is 0 Å². The van der Waals surface area contributed by atoms with Crippen LogP contribution in [0.2, 0.25) is 0 Å². The van der Waals surface area contributed by atoms with Gasteiger partial charge in [-0.05, 0) is 25.3 Å². The van der Waals surface area contributed by atoms with E-state index in [4.69, 9.17) is 10.7 Å². The van der Waals surface area contributed by atoms with Crippen molar-refractivity contribution in [2.75, 3.05) is 18.5 Å². The lowest BCUT2D eigenvalue weighted by atomic mass is 9.86. The van der Waals surface area contributed by atoms with Gasteiger partial charge >= 0.3 is 0 Å². The van der Waals surface area contributed by atoms with Gasteiger partial charge in [0.25, 0.3) is 0 Å². The predicted octanol–water partition coefficient (Wildman–Crippen LogP) is 2.91. The van der Waals surface area contributed by atoms with Crippen molar-refractivity contribution >= 4 is 22.1 Å². The maximum Gasteiger partial charge on any atom is 0.195 e. The molecule has 0 aromatic carbocycles. The third-order valence-electron chi connectivity index (χ3n) is 4.51. The second kappa shape index (κ2) is 5.74. The standard InChI is InChI=1S/C15H24N4S/c1-11-4-3-5-12(10-11)18(2)14-13(6-7-16)19-8-9-20-15(19)17-14/h8-9,11-12H,3-7,10,16H2,1-2H3. The molecule has 3 rings (SSSR count). The number of fused-ring (bicyclic) bond motifs is 1. The van der Waals surface area contributed by atoms with Crippen molar-refractivity contribution < 1.29 is 0 Å². The molecular weight excluding hydrogens is 268 g/mol. The zero-order valence-corrected chi connectivity index (χ0v) is 13.2. The van der Waals surface area contributed by atoms with E-state index >= 15 is 0 Å². The number of hydrogen-bond acceptors (Lipinski definition) is 4. The van der Waals surface area contributed by atoms with Gasteiger partial charge in [-0.15, -0.1) is 11.3 Å². The lowest BCUT2D eigenvalue weighted by Crippen LogP contribution is -2.36. The highest BCUT2D eigenvalue weighted by Gasteiger charge is 2.26. The average molecular weight is 292 g/mol. The topological polar surface area (TPSA) is 46.6 Å². The Labute approximate surface area is 124 Å². The summed E-state index contributed by atoms with van der Waals surface area (Å²) in [5.41, 5.74) is 7.06. The Morgan fingerprint density at radius 3 is 3.10 bits per heavy atom. The molecule has 1 aliphatic rings. The lowest BCUT2D eigenvalue weighted by Gasteiger charge is -2.34. The predicted molar refractivity (Wildman–Crippen MR) is 85.7 cm³/mol. The number of nitrogens with two attached hydrogens (primary N) is 1. The molecular formula is C15H24N4S. The van der Waals surface area contributed by atoms with Gasteiger partial charge in [-0.25, -0.2) is 4.98 Å². The van der Waals surface area contributed by atoms with E-state index in [9.17, 15) is 0 Å². The minimum atomic E-state index is 0.625. The quantitative estimate of drug-likeness (QED) is 0.942. The average Bonchev–Trinajstić information content (AvgIpc) is 3.01. The Balaban J connectivity index is 1.91. The molecule has 0 saturated heterocycles. The molecule has 0 amide bonds. The Bertz CT molecular complexity index is 573. The van der Waals surface area contributed by atoms with Crippen molar-refractivity contribution in [3.8, 4) is 0 Å². The molecule has 0 radical (unpaired) electrons. The van der Waals surface area contributed by atoms with Gasteiger partial charge in [-0.1, -0.05) is 19.8 Å². The van der Waals surface area contributed by atoms with E-state index < -0.39 is 0 Å². The van der Waals surface area contributed by atoms with Crippen molar-refractivity contribution in [2.45, 2.75) is 45.1 Å². The fourth-order valence-corrected chi connectivity index (χ4v) is 4.13. The summed E-state index contributed by atoms with van der Waals surface area (Å²) < 4.78 is 2.20. The lowest BCUT2D eigenvalue weighted by molar-refractivity contribution is 0.335. The summed E-state index contributed by atoms with van der Waals surface area (Å²) in [7, 11) is 2.20. The van der Waals surface area contributed by atoms with E-state index in [1.807, 2.05) is 0 Å². The number of imidazole rings is 1. The summed E-state index contributed by atoms with van der Waals surface area (Å²) in [6.07, 6.45) is 8.28. The Morgan fingerprint density at radius 1 is 1.50 bits per heavy atom. The molecule has 4 nitrogen and oxygen atoms in total. The van der Waals surface area contributed by atoms with Gasteiger partial charge in [-0.3, -0.25) is 4.40 Å². The zero-order valence-electron chi connectivity index (χ0n) is 12.4. The summed E-state index contributed by atoms with van der Waals surface area (Å²) in [5, 5.41) is 2.09. The summed E-state index contributed by atoms with van der Waals surface area (Å²) in [6, 6.07) is 0.625. The van der Waals surface area contributed by atoms with Crippen LogP contribution < -0.4 is 10.6 Å². The van der Waals surface area contributed by atoms with Crippen LogP contribution in [0.5, 0.6) is 0 Å². The van der Waals surface area contributed by atoms with E-state index in [1.165, 1.54) is 31.4 Å². The monoisotopic (exact) mass is 292 g/mol. The first kappa shape index (κ1) is 13.9. The fourth-order valence-electron chi connectivity index (χ4n) is 3.40. The molecule has 5 heteroatoms. The number of hydrogen-bond donors (Lipinski definition) is 1. The van der Waals surface area contributed by atoms with Crippen LogP contribution in [0.3, 0.4) is 0 Å². The van der Waals surface area contributed by atoms with Crippen LogP contribution in [0.25, 0.3) is 4.96 Å². The Hall–Kier alpha value is -1.07. The van der Waals surface area contributed by atoms with Crippen LogP contribution in [0.15, 0.2) is 11.6 Å². The number of anilines is 1. The van der Waals surface area contributed by atoms with Gasteiger partial charge in [0.2, 0.25) is 0 Å². The summed E-state index contributed by atoms with van der Waals surface area (Å²) >= 11 is 1.70. The van der Waals surface area contributed by atoms with E-state index in [0.717, 1.165) is 23.1 Å². The highest BCUT2D eigenvalue weighted by Crippen LogP contribution is 2.32. The zero-order chi connectivity index (χ0) is 14.1. The molecule has 0 bridgehead atoms. The first-order chi connectivity index (χ1) is 9.70. The number of thiazole rings is 1. The van der Waals surface area contributed by atoms with Crippen molar-refractivity contribution in [3.05, 3.63) is 17.3 Å². The van der Waals surface area contributed by atoms with Crippen molar-refractivity contribution in [1.82, 2.24) is 9.38 Å². The number of aromatic nitrogens is 2. The largest absolute Gasteiger partial charge is 0.355 e. The van der Waals surface area contributed by atoms with Crippen LogP contribution in [0.1, 0.15) is 38.3 Å². The Morgan fingerprint density at radius 2 is 2.35 bits per heavy atom. The first-order valence-corrected chi connectivity index (χ1v) is 8.46. The molecule has 0 spiro atoms. The summed E-state index contributed by atoms with van der Waals surface area (Å²) in [4.78, 5) is 8.33. The van der Waals surface area contributed by atoms with Crippen LogP contribution >= 0.6 is 11.3 Å². The van der Waals surface area contributed by atoms with Crippen LogP contribution in [-0.4, -0.2) is 29.0 Å². The van der Waals surface area contributed by atoms with E-state index in [0.29, 0.717) is 12.6 Å². The van der Waals surface area contributed by atoms with Crippen molar-refractivity contribution in [2.24, 2.45) is 11.7 Å². The maximum atomic E-state index is 5.79. The molecule has 2 unspecified atom stereocenters. The molecule has 2 heterocycles. The van der Waals surface area contributed by atoms with E-state index in [2.05, 4.69) is 34.8 Å². The molecule has 1 saturated carbocycles. The number of rotatable bonds is 4. The highest BCUT2D eigenvalue weighted by atomic mass is 32.1.